The van der Waals surface area contributed by atoms with Gasteiger partial charge in [0.1, 0.15) is 5.75 Å². The minimum Gasteiger partial charge on any atom is -0.490 e. The molecule has 0 unspecified atom stereocenters. The lowest BCUT2D eigenvalue weighted by molar-refractivity contribution is -0.274. The summed E-state index contributed by atoms with van der Waals surface area (Å²) in [4.78, 5) is 0. The Bertz CT molecular complexity index is 840. The van der Waals surface area contributed by atoms with Gasteiger partial charge < -0.3 is 9.47 Å². The molecule has 2 nitrogen and oxygen atoms in total. The summed E-state index contributed by atoms with van der Waals surface area (Å²) in [5.74, 6) is -1.67. The second-order valence-electron chi connectivity index (χ2n) is 8.15. The second-order valence-corrected chi connectivity index (χ2v) is 8.15. The van der Waals surface area contributed by atoms with E-state index < -0.39 is 23.7 Å². The zero-order valence-electron chi connectivity index (χ0n) is 17.5. The van der Waals surface area contributed by atoms with E-state index in [1.165, 1.54) is 43.5 Å². The molecule has 3 rings (SSSR count). The van der Waals surface area contributed by atoms with Gasteiger partial charge in [0.15, 0.2) is 11.6 Å². The number of unbranched alkanes of at least 4 members (excludes halogenated alkanes) is 1. The van der Waals surface area contributed by atoms with Gasteiger partial charge in [0.2, 0.25) is 5.82 Å². The minimum absolute atomic E-state index is 0.0557. The molecule has 0 aromatic heterocycles. The molecule has 1 saturated carbocycles. The first-order valence-electron chi connectivity index (χ1n) is 10.7. The van der Waals surface area contributed by atoms with Gasteiger partial charge in [0, 0.05) is 5.56 Å². The monoisotopic (exact) mass is 442 g/mol. The fourth-order valence-corrected chi connectivity index (χ4v) is 4.09. The Kier molecular flexibility index (Phi) is 7.79. The maximum absolute atomic E-state index is 14.6. The van der Waals surface area contributed by atoms with Gasteiger partial charge >= 0.3 is 6.36 Å². The topological polar surface area (TPSA) is 18.5 Å². The van der Waals surface area contributed by atoms with Crippen LogP contribution in [-0.4, -0.2) is 13.0 Å². The first kappa shape index (κ1) is 23.4. The normalized spacial score (nSPS) is 19.3. The number of alkyl halides is 3. The summed E-state index contributed by atoms with van der Waals surface area (Å²) in [6, 6.07) is 7.34. The van der Waals surface area contributed by atoms with E-state index in [1.54, 1.807) is 0 Å². The van der Waals surface area contributed by atoms with Gasteiger partial charge in [-0.2, -0.15) is 4.39 Å². The van der Waals surface area contributed by atoms with E-state index in [2.05, 4.69) is 11.7 Å². The molecule has 2 aromatic rings. The maximum Gasteiger partial charge on any atom is 0.573 e. The Balaban J connectivity index is 1.59. The van der Waals surface area contributed by atoms with Crippen LogP contribution in [0.4, 0.5) is 22.0 Å². The van der Waals surface area contributed by atoms with Crippen LogP contribution in [0.3, 0.4) is 0 Å². The van der Waals surface area contributed by atoms with Gasteiger partial charge in [-0.3, -0.25) is 0 Å². The molecule has 0 spiro atoms. The lowest BCUT2D eigenvalue weighted by Crippen LogP contribution is -2.20. The highest BCUT2D eigenvalue weighted by atomic mass is 19.4. The van der Waals surface area contributed by atoms with Crippen LogP contribution in [0.1, 0.15) is 51.9 Å². The predicted octanol–water partition coefficient (Wildman–Crippen LogP) is 7.91. The molecule has 0 heterocycles. The summed E-state index contributed by atoms with van der Waals surface area (Å²) in [6.07, 6.45) is 3.26. The number of hydrogen-bond donors (Lipinski definition) is 0. The van der Waals surface area contributed by atoms with Crippen LogP contribution in [0.5, 0.6) is 11.5 Å². The first-order valence-corrected chi connectivity index (χ1v) is 10.7. The van der Waals surface area contributed by atoms with Gasteiger partial charge in [-0.1, -0.05) is 51.2 Å². The lowest BCUT2D eigenvalue weighted by atomic mass is 9.80. The molecule has 0 bridgehead atoms. The van der Waals surface area contributed by atoms with Crippen molar-refractivity contribution in [2.45, 2.75) is 58.2 Å². The van der Waals surface area contributed by atoms with Crippen LogP contribution >= 0.6 is 0 Å². The molecular weight excluding hydrogens is 415 g/mol. The number of ether oxygens (including phenoxy) is 2. The molecule has 0 atom stereocenters. The third-order valence-electron chi connectivity index (χ3n) is 5.85. The number of rotatable bonds is 8. The Hall–Kier alpha value is -2.31. The van der Waals surface area contributed by atoms with Crippen LogP contribution in [-0.2, 0) is 0 Å². The summed E-state index contributed by atoms with van der Waals surface area (Å²) < 4.78 is 75.3. The molecule has 1 fully saturated rings. The summed E-state index contributed by atoms with van der Waals surface area (Å²) >= 11 is 0. The molecule has 0 amide bonds. The largest absolute Gasteiger partial charge is 0.573 e. The summed E-state index contributed by atoms with van der Waals surface area (Å²) in [5.41, 5.74) is 0.183. The van der Waals surface area contributed by atoms with Crippen LogP contribution in [0.25, 0.3) is 11.1 Å². The lowest BCUT2D eigenvalue weighted by Gasteiger charge is -2.28. The van der Waals surface area contributed by atoms with Crippen molar-refractivity contribution in [2.24, 2.45) is 11.8 Å². The second kappa shape index (κ2) is 10.3. The maximum atomic E-state index is 14.6. The molecule has 0 aliphatic heterocycles. The molecule has 0 radical (unpaired) electrons. The third kappa shape index (κ3) is 6.58. The van der Waals surface area contributed by atoms with Gasteiger partial charge in [-0.25, -0.2) is 4.39 Å². The first-order chi connectivity index (χ1) is 14.8. The van der Waals surface area contributed by atoms with Crippen molar-refractivity contribution in [3.63, 3.8) is 0 Å². The quantitative estimate of drug-likeness (QED) is 0.387. The van der Waals surface area contributed by atoms with Crippen molar-refractivity contribution < 1.29 is 31.4 Å². The summed E-state index contributed by atoms with van der Waals surface area (Å²) in [6.45, 7) is 2.54. The fraction of sp³-hybridized carbons (Fsp3) is 0.500. The minimum atomic E-state index is -4.81. The Morgan fingerprint density at radius 3 is 2.13 bits per heavy atom. The van der Waals surface area contributed by atoms with Crippen LogP contribution < -0.4 is 9.47 Å². The van der Waals surface area contributed by atoms with Crippen LogP contribution in [0.15, 0.2) is 36.4 Å². The number of benzene rings is 2. The molecule has 0 N–H and O–H groups in total. The Labute approximate surface area is 179 Å². The standard InChI is InChI=1S/C24H27F5O2/c1-2-3-4-16-5-7-17(8-6-16)15-30-21-14-13-20(22(25)23(21)26)18-9-11-19(12-10-18)31-24(27,28)29/h9-14,16-17H,2-8,15H2,1H3/t16-,17-. The summed E-state index contributed by atoms with van der Waals surface area (Å²) in [5, 5.41) is 0. The fourth-order valence-electron chi connectivity index (χ4n) is 4.09. The molecule has 0 saturated heterocycles. The van der Waals surface area contributed by atoms with E-state index in [4.69, 9.17) is 4.74 Å². The molecule has 31 heavy (non-hydrogen) atoms. The average molecular weight is 442 g/mol. The van der Waals surface area contributed by atoms with Crippen molar-refractivity contribution in [1.29, 1.82) is 0 Å². The highest BCUT2D eigenvalue weighted by molar-refractivity contribution is 5.66. The smallest absolute Gasteiger partial charge is 0.490 e. The van der Waals surface area contributed by atoms with E-state index in [-0.39, 0.29) is 16.9 Å². The SMILES string of the molecule is CCCC[C@H]1CC[C@H](COc2ccc(-c3ccc(OC(F)(F)F)cc3)c(F)c2F)CC1. The number of halogens is 5. The van der Waals surface area contributed by atoms with Crippen molar-refractivity contribution in [3.05, 3.63) is 48.0 Å². The Morgan fingerprint density at radius 1 is 0.871 bits per heavy atom. The van der Waals surface area contributed by atoms with Crippen molar-refractivity contribution in [1.82, 2.24) is 0 Å². The number of hydrogen-bond acceptors (Lipinski definition) is 2. The molecule has 1 aliphatic rings. The zero-order valence-corrected chi connectivity index (χ0v) is 17.5. The molecular formula is C24H27F5O2. The van der Waals surface area contributed by atoms with E-state index in [0.29, 0.717) is 12.5 Å². The molecule has 2 aromatic carbocycles. The summed E-state index contributed by atoms with van der Waals surface area (Å²) in [7, 11) is 0. The van der Waals surface area contributed by atoms with Crippen molar-refractivity contribution in [3.8, 4) is 22.6 Å². The Morgan fingerprint density at radius 2 is 1.52 bits per heavy atom. The highest BCUT2D eigenvalue weighted by Crippen LogP contribution is 2.34. The van der Waals surface area contributed by atoms with Gasteiger partial charge in [-0.05, 0) is 54.5 Å². The molecule has 1 aliphatic carbocycles. The van der Waals surface area contributed by atoms with Crippen LogP contribution in [0, 0.1) is 23.5 Å². The van der Waals surface area contributed by atoms with Gasteiger partial charge in [-0.15, -0.1) is 13.2 Å². The van der Waals surface area contributed by atoms with Crippen molar-refractivity contribution >= 4 is 0 Å². The zero-order chi connectivity index (χ0) is 22.4. The van der Waals surface area contributed by atoms with Crippen molar-refractivity contribution in [2.75, 3.05) is 6.61 Å². The average Bonchev–Trinajstić information content (AvgIpc) is 2.74. The van der Waals surface area contributed by atoms with E-state index >= 15 is 0 Å². The molecule has 7 heteroatoms. The molecule has 170 valence electrons. The van der Waals surface area contributed by atoms with Gasteiger partial charge in [0.25, 0.3) is 0 Å². The third-order valence-corrected chi connectivity index (χ3v) is 5.85. The van der Waals surface area contributed by atoms with E-state index in [0.717, 1.165) is 43.7 Å². The van der Waals surface area contributed by atoms with E-state index in [1.807, 2.05) is 0 Å². The van der Waals surface area contributed by atoms with E-state index in [9.17, 15) is 22.0 Å². The van der Waals surface area contributed by atoms with Gasteiger partial charge in [0.05, 0.1) is 6.61 Å². The van der Waals surface area contributed by atoms with Crippen LogP contribution in [0.2, 0.25) is 0 Å². The highest BCUT2D eigenvalue weighted by Gasteiger charge is 2.31. The predicted molar refractivity (Wildman–Crippen MR) is 109 cm³/mol.